The first-order valence-corrected chi connectivity index (χ1v) is 12.8. The van der Waals surface area contributed by atoms with Crippen molar-refractivity contribution in [2.45, 2.75) is 58.0 Å². The van der Waals surface area contributed by atoms with Gasteiger partial charge in [0.05, 0.1) is 44.7 Å². The summed E-state index contributed by atoms with van der Waals surface area (Å²) in [5, 5.41) is 2.67. The van der Waals surface area contributed by atoms with Gasteiger partial charge in [-0.15, -0.1) is 0 Å². The Hall–Kier alpha value is -2.72. The zero-order valence-electron chi connectivity index (χ0n) is 20.5. The van der Waals surface area contributed by atoms with Crippen LogP contribution in [0, 0.1) is 0 Å². The molecule has 1 aliphatic heterocycles. The number of nitrogens with one attached hydrogen (secondary N) is 1. The third kappa shape index (κ3) is 7.63. The molecule has 1 saturated heterocycles. The molecule has 2 aromatic rings. The number of carbonyl (C=O) groups excluding carboxylic acids is 1. The van der Waals surface area contributed by atoms with Crippen molar-refractivity contribution in [3.05, 3.63) is 42.1 Å². The predicted octanol–water partition coefficient (Wildman–Crippen LogP) is 3.85. The minimum atomic E-state index is -3.96. The molecule has 1 fully saturated rings. The minimum absolute atomic E-state index is 0.0289. The van der Waals surface area contributed by atoms with Gasteiger partial charge in [0.25, 0.3) is 0 Å². The van der Waals surface area contributed by atoms with Crippen molar-refractivity contribution in [1.82, 2.24) is 15.1 Å². The van der Waals surface area contributed by atoms with E-state index in [0.29, 0.717) is 30.0 Å². The molecule has 0 radical (unpaired) electrons. The number of hydrogen-bond donors (Lipinski definition) is 1. The maximum absolute atomic E-state index is 13.6. The molecule has 4 atom stereocenters. The lowest BCUT2D eigenvalue weighted by Crippen LogP contribution is -2.36. The van der Waals surface area contributed by atoms with Crippen molar-refractivity contribution < 1.29 is 37.4 Å². The molecule has 1 aliphatic rings. The standard InChI is InChI=1S/C23H32N3O8P/c1-15(2)32-22(27)16(3)26-35(28,34-17-9-7-6-8-10-17)31-14-18-11-12-20(33-18)19-13-24-23(30-5)25-21(19)29-4/h6-10,13,15-16,18,20H,11-12,14H2,1-5H3,(H,26,28)/t16-,18?,20?,35-/m0/s1. The normalized spacial score (nSPS) is 20.2. The molecule has 0 amide bonds. The van der Waals surface area contributed by atoms with E-state index in [2.05, 4.69) is 15.1 Å². The van der Waals surface area contributed by atoms with Crippen LogP contribution in [-0.2, 0) is 23.4 Å². The Labute approximate surface area is 205 Å². The Morgan fingerprint density at radius 3 is 2.57 bits per heavy atom. The van der Waals surface area contributed by atoms with Gasteiger partial charge in [0.15, 0.2) is 0 Å². The Kier molecular flexibility index (Phi) is 9.45. The topological polar surface area (TPSA) is 127 Å². The molecule has 0 saturated carbocycles. The van der Waals surface area contributed by atoms with Crippen molar-refractivity contribution in [3.63, 3.8) is 0 Å². The summed E-state index contributed by atoms with van der Waals surface area (Å²) >= 11 is 0. The van der Waals surface area contributed by atoms with Crippen LogP contribution in [0.25, 0.3) is 0 Å². The second-order valence-electron chi connectivity index (χ2n) is 8.18. The van der Waals surface area contributed by atoms with E-state index in [1.165, 1.54) is 21.1 Å². The van der Waals surface area contributed by atoms with Gasteiger partial charge in [-0.3, -0.25) is 9.32 Å². The SMILES string of the molecule is COc1ncc(C2CCC(CO[P@@](=O)(N[C@@H](C)C(=O)OC(C)C)Oc3ccccc3)O2)c(OC)n1. The zero-order chi connectivity index (χ0) is 25.4. The number of esters is 1. The van der Waals surface area contributed by atoms with E-state index in [1.54, 1.807) is 50.4 Å². The Morgan fingerprint density at radius 1 is 1.17 bits per heavy atom. The molecule has 192 valence electrons. The third-order valence-corrected chi connectivity index (χ3v) is 6.69. The summed E-state index contributed by atoms with van der Waals surface area (Å²) in [4.78, 5) is 20.6. The van der Waals surface area contributed by atoms with Crippen molar-refractivity contribution in [2.75, 3.05) is 20.8 Å². The summed E-state index contributed by atoms with van der Waals surface area (Å²) in [6.45, 7) is 4.97. The highest BCUT2D eigenvalue weighted by molar-refractivity contribution is 7.52. The van der Waals surface area contributed by atoms with Crippen molar-refractivity contribution in [1.29, 1.82) is 0 Å². The molecule has 0 bridgehead atoms. The zero-order valence-corrected chi connectivity index (χ0v) is 21.4. The first-order valence-electron chi connectivity index (χ1n) is 11.3. The maximum Gasteiger partial charge on any atom is 0.459 e. The summed E-state index contributed by atoms with van der Waals surface area (Å²) in [5.74, 6) is 0.128. The highest BCUT2D eigenvalue weighted by Gasteiger charge is 2.36. The van der Waals surface area contributed by atoms with Crippen LogP contribution >= 0.6 is 7.75 Å². The molecular weight excluding hydrogens is 477 g/mol. The lowest BCUT2D eigenvalue weighted by molar-refractivity contribution is -0.149. The Morgan fingerprint density at radius 2 is 1.91 bits per heavy atom. The van der Waals surface area contributed by atoms with E-state index in [1.807, 2.05) is 0 Å². The average molecular weight is 509 g/mol. The van der Waals surface area contributed by atoms with E-state index in [0.717, 1.165) is 0 Å². The second kappa shape index (κ2) is 12.3. The van der Waals surface area contributed by atoms with E-state index in [-0.39, 0.29) is 30.9 Å². The van der Waals surface area contributed by atoms with Gasteiger partial charge in [-0.2, -0.15) is 10.1 Å². The van der Waals surface area contributed by atoms with Crippen LogP contribution in [0.4, 0.5) is 0 Å². The van der Waals surface area contributed by atoms with E-state index in [9.17, 15) is 9.36 Å². The molecule has 1 aromatic heterocycles. The van der Waals surface area contributed by atoms with Gasteiger partial charge in [-0.25, -0.2) is 9.55 Å². The van der Waals surface area contributed by atoms with Gasteiger partial charge >= 0.3 is 19.7 Å². The van der Waals surface area contributed by atoms with Gasteiger partial charge in [-0.05, 0) is 45.7 Å². The lowest BCUT2D eigenvalue weighted by atomic mass is 10.1. The fourth-order valence-electron chi connectivity index (χ4n) is 3.42. The first-order chi connectivity index (χ1) is 16.7. The number of benzene rings is 1. The van der Waals surface area contributed by atoms with Gasteiger partial charge in [0.2, 0.25) is 5.88 Å². The molecule has 0 spiro atoms. The van der Waals surface area contributed by atoms with Crippen LogP contribution in [0.5, 0.6) is 17.6 Å². The summed E-state index contributed by atoms with van der Waals surface area (Å²) in [5.41, 5.74) is 0.683. The number of aromatic nitrogens is 2. The molecule has 35 heavy (non-hydrogen) atoms. The summed E-state index contributed by atoms with van der Waals surface area (Å²) in [6.07, 6.45) is 1.88. The lowest BCUT2D eigenvalue weighted by Gasteiger charge is -2.24. The molecule has 12 heteroatoms. The van der Waals surface area contributed by atoms with E-state index in [4.69, 9.17) is 28.0 Å². The molecule has 11 nitrogen and oxygen atoms in total. The number of methoxy groups -OCH3 is 2. The second-order valence-corrected chi connectivity index (χ2v) is 9.87. The Bertz CT molecular complexity index is 1020. The number of ether oxygens (including phenoxy) is 4. The fraction of sp³-hybridized carbons (Fsp3) is 0.522. The van der Waals surface area contributed by atoms with Crippen LogP contribution < -0.4 is 19.1 Å². The summed E-state index contributed by atoms with van der Waals surface area (Å²) in [7, 11) is -0.979. The van der Waals surface area contributed by atoms with Gasteiger partial charge in [0, 0.05) is 6.20 Å². The summed E-state index contributed by atoms with van der Waals surface area (Å²) in [6, 6.07) is 7.84. The van der Waals surface area contributed by atoms with Crippen LogP contribution in [0.1, 0.15) is 45.3 Å². The minimum Gasteiger partial charge on any atom is -0.481 e. The smallest absolute Gasteiger partial charge is 0.459 e. The summed E-state index contributed by atoms with van der Waals surface area (Å²) < 4.78 is 46.7. The highest BCUT2D eigenvalue weighted by Crippen LogP contribution is 2.46. The molecule has 2 unspecified atom stereocenters. The number of para-hydroxylation sites is 1. The van der Waals surface area contributed by atoms with Crippen molar-refractivity contribution in [3.8, 4) is 17.6 Å². The molecule has 3 rings (SSSR count). The van der Waals surface area contributed by atoms with Crippen LogP contribution in [-0.4, -0.2) is 55.0 Å². The number of hydrogen-bond acceptors (Lipinski definition) is 10. The highest BCUT2D eigenvalue weighted by atomic mass is 31.2. The molecule has 1 aromatic carbocycles. The monoisotopic (exact) mass is 509 g/mol. The molecule has 1 N–H and O–H groups in total. The quantitative estimate of drug-likeness (QED) is 0.331. The molecule has 2 heterocycles. The van der Waals surface area contributed by atoms with Crippen LogP contribution in [0.3, 0.4) is 0 Å². The number of carbonyl (C=O) groups is 1. The molecule has 0 aliphatic carbocycles. The van der Waals surface area contributed by atoms with Gasteiger partial charge in [-0.1, -0.05) is 18.2 Å². The largest absolute Gasteiger partial charge is 0.481 e. The van der Waals surface area contributed by atoms with Crippen molar-refractivity contribution >= 4 is 13.7 Å². The van der Waals surface area contributed by atoms with Crippen LogP contribution in [0.2, 0.25) is 0 Å². The first kappa shape index (κ1) is 26.9. The van der Waals surface area contributed by atoms with Gasteiger partial charge < -0.3 is 23.5 Å². The molecular formula is C23H32N3O8P. The maximum atomic E-state index is 13.6. The fourth-order valence-corrected chi connectivity index (χ4v) is 4.94. The van der Waals surface area contributed by atoms with Gasteiger partial charge in [0.1, 0.15) is 11.8 Å². The van der Waals surface area contributed by atoms with Crippen LogP contribution in [0.15, 0.2) is 36.5 Å². The van der Waals surface area contributed by atoms with E-state index >= 15 is 0 Å². The Balaban J connectivity index is 1.67. The number of rotatable bonds is 12. The number of nitrogens with zero attached hydrogens (tertiary/aromatic N) is 2. The van der Waals surface area contributed by atoms with E-state index < -0.39 is 19.8 Å². The third-order valence-electron chi connectivity index (χ3n) is 5.04. The average Bonchev–Trinajstić information content (AvgIpc) is 3.31. The van der Waals surface area contributed by atoms with Crippen molar-refractivity contribution in [2.24, 2.45) is 0 Å². The predicted molar refractivity (Wildman–Crippen MR) is 126 cm³/mol.